The van der Waals surface area contributed by atoms with Gasteiger partial charge in [0.2, 0.25) is 0 Å². The number of ether oxygens (including phenoxy) is 2. The summed E-state index contributed by atoms with van der Waals surface area (Å²) in [6.07, 6.45) is 4.67. The maximum atomic E-state index is 11.5. The number of aromatic hydroxyl groups is 2. The number of hydrogen-bond acceptors (Lipinski definition) is 6. The Hall–Kier alpha value is -5.27. The summed E-state index contributed by atoms with van der Waals surface area (Å²) in [5, 5.41) is 23.1. The van der Waals surface area contributed by atoms with E-state index in [0.717, 1.165) is 44.5 Å². The van der Waals surface area contributed by atoms with Gasteiger partial charge in [0.15, 0.2) is 0 Å². The van der Waals surface area contributed by atoms with Crippen LogP contribution < -0.4 is 9.47 Å². The minimum atomic E-state index is -0.120. The van der Waals surface area contributed by atoms with Gasteiger partial charge in [-0.15, -0.1) is 24.3 Å². The molecule has 2 N–H and O–H groups in total. The van der Waals surface area contributed by atoms with Crippen molar-refractivity contribution < 1.29 is 55.1 Å². The average Bonchev–Trinajstić information content (AvgIpc) is 3.21. The molecule has 0 unspecified atom stereocenters. The largest absolute Gasteiger partial charge is 0.507 e. The van der Waals surface area contributed by atoms with Crippen LogP contribution in [0.4, 0.5) is 0 Å². The molecule has 0 saturated heterocycles. The van der Waals surface area contributed by atoms with E-state index in [1.54, 1.807) is 75.3 Å². The summed E-state index contributed by atoms with van der Waals surface area (Å²) >= 11 is 0. The van der Waals surface area contributed by atoms with Crippen molar-refractivity contribution >= 4 is 12.6 Å². The fourth-order valence-electron chi connectivity index (χ4n) is 6.06. The number of carbonyl (C=O) groups excluding carboxylic acids is 2. The van der Waals surface area contributed by atoms with Crippen molar-refractivity contribution in [1.29, 1.82) is 0 Å². The summed E-state index contributed by atoms with van der Waals surface area (Å²) in [7, 11) is 3.30. The monoisotopic (exact) mass is 928 g/mol. The second-order valence-corrected chi connectivity index (χ2v) is 15.4. The van der Waals surface area contributed by atoms with Crippen molar-refractivity contribution in [3.63, 3.8) is 0 Å². The van der Waals surface area contributed by atoms with E-state index >= 15 is 0 Å². The van der Waals surface area contributed by atoms with Crippen molar-refractivity contribution in [3.05, 3.63) is 167 Å². The van der Waals surface area contributed by atoms with E-state index in [1.165, 1.54) is 0 Å². The minimum absolute atomic E-state index is 0. The predicted molar refractivity (Wildman–Crippen MR) is 227 cm³/mol. The molecule has 0 saturated carbocycles. The zero-order valence-electron chi connectivity index (χ0n) is 34.1. The number of phenolic OH excluding ortho intramolecular Hbond substituents is 2. The number of phenols is 2. The van der Waals surface area contributed by atoms with E-state index in [2.05, 4.69) is 65.8 Å². The Morgan fingerprint density at radius 2 is 0.789 bits per heavy atom. The molecule has 0 spiro atoms. The SMILES string of the molecule is COc1ccccc1-c1cc(C(C)(C)C)cc(CCc2cc(C(C)(C)C)cc(-c3ccccc3OC)c2O)c1O.O=[C-]c1ccccc1.O=[C-]c1ccccc1.[Hf]. The first-order chi connectivity index (χ1) is 26.7. The number of aryl methyl sites for hydroxylation is 2. The van der Waals surface area contributed by atoms with Crippen molar-refractivity contribution in [1.82, 2.24) is 0 Å². The summed E-state index contributed by atoms with van der Waals surface area (Å²) in [4.78, 5) is 19.8. The van der Waals surface area contributed by atoms with Crippen LogP contribution in [0.3, 0.4) is 0 Å². The molecule has 0 radical (unpaired) electrons. The third kappa shape index (κ3) is 12.6. The summed E-state index contributed by atoms with van der Waals surface area (Å²) in [5.74, 6) is 1.92. The van der Waals surface area contributed by atoms with Crippen LogP contribution in [0.25, 0.3) is 22.3 Å². The molecule has 0 aliphatic rings. The van der Waals surface area contributed by atoms with Crippen LogP contribution in [0.2, 0.25) is 0 Å². The Balaban J connectivity index is 0.000000421. The van der Waals surface area contributed by atoms with Gasteiger partial charge in [0, 0.05) is 48.1 Å². The molecule has 7 heteroatoms. The molecule has 0 amide bonds. The molecule has 6 rings (SSSR count). The number of hydrogen-bond donors (Lipinski definition) is 2. The topological polar surface area (TPSA) is 93.1 Å². The Bertz CT molecular complexity index is 2040. The van der Waals surface area contributed by atoms with Gasteiger partial charge in [-0.3, -0.25) is 0 Å². The summed E-state index contributed by atoms with van der Waals surface area (Å²) in [5.41, 5.74) is 8.11. The normalized spacial score (nSPS) is 10.7. The van der Waals surface area contributed by atoms with Crippen LogP contribution in [0.5, 0.6) is 23.0 Å². The van der Waals surface area contributed by atoms with Crippen molar-refractivity contribution in [2.24, 2.45) is 0 Å². The van der Waals surface area contributed by atoms with Gasteiger partial charge in [0.25, 0.3) is 0 Å². The molecule has 6 aromatic carbocycles. The fourth-order valence-corrected chi connectivity index (χ4v) is 6.06. The summed E-state index contributed by atoms with van der Waals surface area (Å²) < 4.78 is 11.3. The summed E-state index contributed by atoms with van der Waals surface area (Å²) in [6, 6.07) is 41.7. The zero-order valence-corrected chi connectivity index (χ0v) is 37.7. The molecule has 0 heterocycles. The van der Waals surface area contributed by atoms with Gasteiger partial charge in [-0.25, -0.2) is 0 Å². The standard InChI is InChI=1S/C36H42O4.2C7H5O.Hf/c1-35(2,3)25-19-23(33(37)29(21-25)27-13-9-11-15-31(27)39-7)17-18-24-20-26(36(4,5)6)22-30(34(24)38)28-14-10-12-16-32(28)40-8;2*8-6-7-4-2-1-3-5-7;/h9-16,19-22,37-38H,17-18H2,1-8H3;2*1-5H;/q;2*-1;. The second kappa shape index (κ2) is 21.3. The minimum Gasteiger partial charge on any atom is -0.507 e. The van der Waals surface area contributed by atoms with Crippen molar-refractivity contribution in [2.45, 2.75) is 65.2 Å². The van der Waals surface area contributed by atoms with Crippen LogP contribution in [-0.4, -0.2) is 37.0 Å². The van der Waals surface area contributed by atoms with Crippen LogP contribution in [-0.2, 0) is 59.1 Å². The van der Waals surface area contributed by atoms with Gasteiger partial charge in [-0.2, -0.15) is 35.4 Å². The molecule has 0 aliphatic carbocycles. The van der Waals surface area contributed by atoms with E-state index in [1.807, 2.05) is 60.7 Å². The van der Waals surface area contributed by atoms with Gasteiger partial charge >= 0.3 is 0 Å². The third-order valence-electron chi connectivity index (χ3n) is 9.35. The summed E-state index contributed by atoms with van der Waals surface area (Å²) in [6.45, 7) is 13.0. The first-order valence-electron chi connectivity index (χ1n) is 18.6. The smallest absolute Gasteiger partial charge is 0.126 e. The molecule has 0 atom stereocenters. The van der Waals surface area contributed by atoms with Gasteiger partial charge in [0.05, 0.1) is 26.8 Å². The Morgan fingerprint density at radius 1 is 0.474 bits per heavy atom. The predicted octanol–water partition coefficient (Wildman–Crippen LogP) is 11.1. The Morgan fingerprint density at radius 3 is 1.07 bits per heavy atom. The average molecular weight is 927 g/mol. The van der Waals surface area contributed by atoms with Crippen LogP contribution in [0.15, 0.2) is 133 Å². The molecule has 57 heavy (non-hydrogen) atoms. The van der Waals surface area contributed by atoms with Crippen molar-refractivity contribution in [2.75, 3.05) is 14.2 Å². The van der Waals surface area contributed by atoms with E-state index < -0.39 is 0 Å². The number of rotatable bonds is 9. The Kier molecular flexibility index (Phi) is 17.2. The fraction of sp³-hybridized carbons (Fsp3) is 0.240. The maximum Gasteiger partial charge on any atom is 0.126 e. The van der Waals surface area contributed by atoms with E-state index in [0.29, 0.717) is 35.5 Å². The second-order valence-electron chi connectivity index (χ2n) is 15.4. The first kappa shape index (κ1) is 46.1. The first-order valence-corrected chi connectivity index (χ1v) is 18.6. The molecular weight excluding hydrogens is 875 g/mol. The third-order valence-corrected chi connectivity index (χ3v) is 9.35. The molecule has 0 aromatic heterocycles. The van der Waals surface area contributed by atoms with Gasteiger partial charge < -0.3 is 29.3 Å². The van der Waals surface area contributed by atoms with Crippen LogP contribution >= 0.6 is 0 Å². The number of benzene rings is 6. The van der Waals surface area contributed by atoms with E-state index in [9.17, 15) is 19.8 Å². The van der Waals surface area contributed by atoms with Gasteiger partial charge in [-0.1, -0.05) is 102 Å². The number of methoxy groups -OCH3 is 2. The van der Waals surface area contributed by atoms with Crippen molar-refractivity contribution in [3.8, 4) is 45.3 Å². The molecule has 6 aromatic rings. The Labute approximate surface area is 357 Å². The molecule has 6 nitrogen and oxygen atoms in total. The quantitative estimate of drug-likeness (QED) is 0.111. The van der Waals surface area contributed by atoms with Crippen LogP contribution in [0.1, 0.15) is 74.9 Å². The van der Waals surface area contributed by atoms with Crippen LogP contribution in [0, 0.1) is 0 Å². The zero-order chi connectivity index (χ0) is 40.9. The molecule has 0 bridgehead atoms. The van der Waals surface area contributed by atoms with Gasteiger partial charge in [0.1, 0.15) is 23.0 Å². The molecule has 0 fully saturated rings. The van der Waals surface area contributed by atoms with E-state index in [-0.39, 0.29) is 48.2 Å². The van der Waals surface area contributed by atoms with Gasteiger partial charge in [-0.05, 0) is 70.2 Å². The maximum absolute atomic E-state index is 11.5. The number of para-hydroxylation sites is 2. The molecular formula is C50H52HfO6-2. The molecule has 0 aliphatic heterocycles. The van der Waals surface area contributed by atoms with E-state index in [4.69, 9.17) is 9.47 Å². The molecule has 294 valence electrons.